The van der Waals surface area contributed by atoms with Gasteiger partial charge in [-0.05, 0) is 43.4 Å². The molecule has 6 nitrogen and oxygen atoms in total. The average molecular weight is 424 g/mol. The summed E-state index contributed by atoms with van der Waals surface area (Å²) < 4.78 is 18.8. The predicted octanol–water partition coefficient (Wildman–Crippen LogP) is 3.73. The molecule has 0 saturated carbocycles. The minimum atomic E-state index is 0.447. The molecule has 0 amide bonds. The van der Waals surface area contributed by atoms with E-state index in [0.717, 1.165) is 25.2 Å². The van der Waals surface area contributed by atoms with Crippen LogP contribution in [0.4, 0.5) is 0 Å². The minimum Gasteiger partial charge on any atom is -0.493 e. The third-order valence-corrected chi connectivity index (χ3v) is 6.49. The molecule has 1 fully saturated rings. The highest BCUT2D eigenvalue weighted by Crippen LogP contribution is 2.40. The maximum absolute atomic E-state index is 5.55. The first kappa shape index (κ1) is 21.5. The molecule has 2 heterocycles. The van der Waals surface area contributed by atoms with Gasteiger partial charge < -0.3 is 23.7 Å². The summed E-state index contributed by atoms with van der Waals surface area (Å²) in [7, 11) is 11.5. The normalized spacial score (nSPS) is 19.3. The van der Waals surface area contributed by atoms with Gasteiger partial charge in [-0.15, -0.1) is 0 Å². The van der Waals surface area contributed by atoms with Gasteiger partial charge in [0.25, 0.3) is 0 Å². The number of aromatic nitrogens is 1. The molecule has 1 aromatic heterocycles. The fourth-order valence-electron chi connectivity index (χ4n) is 4.98. The van der Waals surface area contributed by atoms with E-state index in [2.05, 4.69) is 78.1 Å². The molecule has 3 aromatic rings. The topological polar surface area (TPSA) is 39.1 Å². The second-order valence-electron chi connectivity index (χ2n) is 8.58. The Morgan fingerprint density at radius 1 is 0.968 bits per heavy atom. The Hall–Kier alpha value is -2.70. The lowest BCUT2D eigenvalue weighted by atomic mass is 9.93. The highest BCUT2D eigenvalue weighted by Gasteiger charge is 2.36. The van der Waals surface area contributed by atoms with Crippen molar-refractivity contribution in [2.24, 2.45) is 7.05 Å². The van der Waals surface area contributed by atoms with Crippen LogP contribution in [0.5, 0.6) is 17.2 Å². The van der Waals surface area contributed by atoms with Crippen molar-refractivity contribution < 1.29 is 14.2 Å². The highest BCUT2D eigenvalue weighted by molar-refractivity contribution is 5.84. The van der Waals surface area contributed by atoms with E-state index in [1.54, 1.807) is 21.3 Å². The molecule has 0 unspecified atom stereocenters. The first-order valence-electron chi connectivity index (χ1n) is 10.7. The largest absolute Gasteiger partial charge is 0.493 e. The summed E-state index contributed by atoms with van der Waals surface area (Å²) in [4.78, 5) is 4.89. The lowest BCUT2D eigenvalue weighted by molar-refractivity contribution is 0.259. The minimum absolute atomic E-state index is 0.447. The summed E-state index contributed by atoms with van der Waals surface area (Å²) in [6.07, 6.45) is 2.31. The SMILES string of the molecule is COc1cc(CN2C[C@@H](N(C)C)[C@H](c3cn(C)c4ccccc34)C2)cc(OC)c1OC. The zero-order valence-corrected chi connectivity index (χ0v) is 19.4. The van der Waals surface area contributed by atoms with Crippen molar-refractivity contribution in [2.75, 3.05) is 48.5 Å². The van der Waals surface area contributed by atoms with E-state index in [1.165, 1.54) is 16.5 Å². The molecule has 6 heteroatoms. The molecule has 0 N–H and O–H groups in total. The van der Waals surface area contributed by atoms with Crippen molar-refractivity contribution in [3.8, 4) is 17.2 Å². The number of rotatable bonds is 7. The Balaban J connectivity index is 1.63. The fraction of sp³-hybridized carbons (Fsp3) is 0.440. The summed E-state index contributed by atoms with van der Waals surface area (Å²) in [6, 6.07) is 13.3. The summed E-state index contributed by atoms with van der Waals surface area (Å²) in [5.74, 6) is 2.48. The number of fused-ring (bicyclic) bond motifs is 1. The highest BCUT2D eigenvalue weighted by atomic mass is 16.5. The van der Waals surface area contributed by atoms with Crippen LogP contribution in [0.1, 0.15) is 17.0 Å². The molecular weight excluding hydrogens is 390 g/mol. The van der Waals surface area contributed by atoms with Crippen molar-refractivity contribution >= 4 is 10.9 Å². The fourth-order valence-corrected chi connectivity index (χ4v) is 4.98. The van der Waals surface area contributed by atoms with Crippen LogP contribution in [0.25, 0.3) is 10.9 Å². The van der Waals surface area contributed by atoms with Crippen LogP contribution in [0.2, 0.25) is 0 Å². The van der Waals surface area contributed by atoms with E-state index in [1.807, 2.05) is 0 Å². The van der Waals surface area contributed by atoms with Crippen LogP contribution in [-0.4, -0.2) is 68.9 Å². The van der Waals surface area contributed by atoms with Crippen LogP contribution in [-0.2, 0) is 13.6 Å². The van der Waals surface area contributed by atoms with Gasteiger partial charge in [0.15, 0.2) is 11.5 Å². The van der Waals surface area contributed by atoms with Gasteiger partial charge in [-0.3, -0.25) is 4.90 Å². The third kappa shape index (κ3) is 3.98. The summed E-state index contributed by atoms with van der Waals surface area (Å²) >= 11 is 0. The molecule has 1 aliphatic heterocycles. The third-order valence-electron chi connectivity index (χ3n) is 6.49. The molecule has 0 aliphatic carbocycles. The van der Waals surface area contributed by atoms with Crippen LogP contribution in [0, 0.1) is 0 Å². The van der Waals surface area contributed by atoms with Crippen molar-refractivity contribution in [1.29, 1.82) is 0 Å². The Bertz CT molecular complexity index is 1030. The van der Waals surface area contributed by atoms with Gasteiger partial charge in [0.2, 0.25) is 5.75 Å². The second-order valence-corrected chi connectivity index (χ2v) is 8.58. The van der Waals surface area contributed by atoms with Crippen molar-refractivity contribution in [1.82, 2.24) is 14.4 Å². The number of likely N-dealkylation sites (N-methyl/N-ethyl adjacent to an activating group) is 1. The number of methoxy groups -OCH3 is 3. The maximum atomic E-state index is 5.55. The van der Waals surface area contributed by atoms with Gasteiger partial charge >= 0.3 is 0 Å². The van der Waals surface area contributed by atoms with Gasteiger partial charge in [-0.1, -0.05) is 18.2 Å². The molecule has 2 atom stereocenters. The van der Waals surface area contributed by atoms with E-state index in [-0.39, 0.29) is 0 Å². The number of hydrogen-bond donors (Lipinski definition) is 0. The first-order valence-corrected chi connectivity index (χ1v) is 10.7. The van der Waals surface area contributed by atoms with E-state index >= 15 is 0 Å². The Morgan fingerprint density at radius 3 is 2.26 bits per heavy atom. The predicted molar refractivity (Wildman–Crippen MR) is 125 cm³/mol. The quantitative estimate of drug-likeness (QED) is 0.579. The van der Waals surface area contributed by atoms with Crippen molar-refractivity contribution in [3.05, 3.63) is 53.7 Å². The van der Waals surface area contributed by atoms with E-state index in [4.69, 9.17) is 14.2 Å². The van der Waals surface area contributed by atoms with Gasteiger partial charge in [0, 0.05) is 55.7 Å². The van der Waals surface area contributed by atoms with E-state index in [9.17, 15) is 0 Å². The number of aryl methyl sites for hydroxylation is 1. The van der Waals surface area contributed by atoms with Crippen LogP contribution >= 0.6 is 0 Å². The van der Waals surface area contributed by atoms with Gasteiger partial charge in [-0.2, -0.15) is 0 Å². The molecule has 31 heavy (non-hydrogen) atoms. The number of nitrogens with zero attached hydrogens (tertiary/aromatic N) is 3. The number of likely N-dealkylation sites (tertiary alicyclic amines) is 1. The molecular formula is C25H33N3O3. The average Bonchev–Trinajstić information content (AvgIpc) is 3.34. The van der Waals surface area contributed by atoms with E-state index < -0.39 is 0 Å². The summed E-state index contributed by atoms with van der Waals surface area (Å²) in [5.41, 5.74) is 3.88. The molecule has 0 spiro atoms. The maximum Gasteiger partial charge on any atom is 0.203 e. The smallest absolute Gasteiger partial charge is 0.203 e. The lowest BCUT2D eigenvalue weighted by Crippen LogP contribution is -2.34. The molecule has 0 bridgehead atoms. The zero-order chi connectivity index (χ0) is 22.1. The Kier molecular flexibility index (Phi) is 6.12. The van der Waals surface area contributed by atoms with Gasteiger partial charge in [-0.25, -0.2) is 0 Å². The standard InChI is InChI=1S/C25H33N3O3/c1-26(2)22-16-28(13-17-11-23(29-4)25(31-6)24(12-17)30-5)15-20(22)19-14-27(3)21-10-8-7-9-18(19)21/h7-12,14,20,22H,13,15-16H2,1-6H3/t20-,22+/m0/s1. The molecule has 2 aromatic carbocycles. The van der Waals surface area contributed by atoms with Crippen molar-refractivity contribution in [3.63, 3.8) is 0 Å². The number of hydrogen-bond acceptors (Lipinski definition) is 5. The molecule has 166 valence electrons. The van der Waals surface area contributed by atoms with Gasteiger partial charge in [0.05, 0.1) is 21.3 Å². The molecule has 1 aliphatic rings. The Labute approximate surface area is 184 Å². The second kappa shape index (κ2) is 8.81. The first-order chi connectivity index (χ1) is 15.0. The van der Waals surface area contributed by atoms with Gasteiger partial charge in [0.1, 0.15) is 0 Å². The monoisotopic (exact) mass is 423 g/mol. The molecule has 4 rings (SSSR count). The molecule has 1 saturated heterocycles. The number of para-hydroxylation sites is 1. The van der Waals surface area contributed by atoms with Crippen LogP contribution in [0.15, 0.2) is 42.6 Å². The number of benzene rings is 2. The molecule has 0 radical (unpaired) electrons. The zero-order valence-electron chi connectivity index (χ0n) is 19.4. The van der Waals surface area contributed by atoms with Crippen LogP contribution in [0.3, 0.4) is 0 Å². The summed E-state index contributed by atoms with van der Waals surface area (Å²) in [5, 5.41) is 1.36. The van der Waals surface area contributed by atoms with E-state index in [0.29, 0.717) is 29.2 Å². The lowest BCUT2D eigenvalue weighted by Gasteiger charge is -2.25. The van der Waals surface area contributed by atoms with Crippen molar-refractivity contribution in [2.45, 2.75) is 18.5 Å². The number of ether oxygens (including phenoxy) is 3. The van der Waals surface area contributed by atoms with Crippen LogP contribution < -0.4 is 14.2 Å². The summed E-state index contributed by atoms with van der Waals surface area (Å²) in [6.45, 7) is 2.85. The Morgan fingerprint density at radius 2 is 1.65 bits per heavy atom.